The van der Waals surface area contributed by atoms with Crippen LogP contribution in [0.3, 0.4) is 0 Å². The smallest absolute Gasteiger partial charge is 0.252 e. The quantitative estimate of drug-likeness (QED) is 0.659. The summed E-state index contributed by atoms with van der Waals surface area (Å²) in [5, 5.41) is 17.9. The van der Waals surface area contributed by atoms with Crippen LogP contribution >= 0.6 is 11.8 Å². The summed E-state index contributed by atoms with van der Waals surface area (Å²) in [6.45, 7) is 0.630. The molecule has 0 aliphatic carbocycles. The second-order valence-electron chi connectivity index (χ2n) is 6.01. The van der Waals surface area contributed by atoms with Crippen molar-refractivity contribution < 1.29 is 4.79 Å². The van der Waals surface area contributed by atoms with E-state index in [0.29, 0.717) is 23.9 Å². The Morgan fingerprint density at radius 3 is 2.56 bits per heavy atom. The van der Waals surface area contributed by atoms with Crippen molar-refractivity contribution in [3.63, 3.8) is 0 Å². The van der Waals surface area contributed by atoms with Crippen LogP contribution in [-0.4, -0.2) is 49.1 Å². The van der Waals surface area contributed by atoms with Gasteiger partial charge in [0.2, 0.25) is 0 Å². The molecule has 0 saturated carbocycles. The van der Waals surface area contributed by atoms with Gasteiger partial charge in [0.05, 0.1) is 29.4 Å². The highest BCUT2D eigenvalue weighted by Crippen LogP contribution is 2.17. The van der Waals surface area contributed by atoms with E-state index < -0.39 is 0 Å². The van der Waals surface area contributed by atoms with Gasteiger partial charge in [0.25, 0.3) is 5.91 Å². The van der Waals surface area contributed by atoms with Crippen LogP contribution in [0.4, 0.5) is 0 Å². The van der Waals surface area contributed by atoms with E-state index in [1.807, 2.05) is 60.7 Å². The van der Waals surface area contributed by atoms with Crippen LogP contribution < -0.4 is 0 Å². The zero-order valence-electron chi connectivity index (χ0n) is 14.6. The molecule has 0 spiro atoms. The van der Waals surface area contributed by atoms with Crippen LogP contribution in [-0.2, 0) is 10.5 Å². The third-order valence-corrected chi connectivity index (χ3v) is 5.10. The lowest BCUT2D eigenvalue weighted by molar-refractivity contribution is -0.127. The molecule has 0 fully saturated rings. The zero-order chi connectivity index (χ0) is 18.5. The number of hydrogen-bond acceptors (Lipinski definition) is 6. The third-order valence-electron chi connectivity index (χ3n) is 4.19. The molecule has 136 valence electrons. The molecule has 0 saturated heterocycles. The van der Waals surface area contributed by atoms with Crippen LogP contribution in [0.1, 0.15) is 17.8 Å². The van der Waals surface area contributed by atoms with E-state index in [4.69, 9.17) is 0 Å². The minimum atomic E-state index is 0.00432. The Balaban J connectivity index is 1.34. The van der Waals surface area contributed by atoms with Crippen molar-refractivity contribution in [1.29, 1.82) is 0 Å². The number of nitrogens with zero attached hydrogens (tertiary/aromatic N) is 6. The topological polar surface area (TPSA) is 76.3 Å². The van der Waals surface area contributed by atoms with Gasteiger partial charge >= 0.3 is 0 Å². The molecule has 2 heterocycles. The number of benzene rings is 2. The molecular formula is C19H18N6OS. The Morgan fingerprint density at radius 2 is 1.78 bits per heavy atom. The first kappa shape index (κ1) is 17.4. The van der Waals surface area contributed by atoms with Crippen molar-refractivity contribution in [3.8, 4) is 5.69 Å². The fourth-order valence-corrected chi connectivity index (χ4v) is 3.63. The standard InChI is InChI=1S/C19H18N6OS/c26-19(24-12-11-17(21-24)15-7-3-1-4-8-15)14-27-13-18-20-22-23-25(18)16-9-5-2-6-10-16/h1-10H,11-14H2. The van der Waals surface area contributed by atoms with Crippen molar-refractivity contribution in [2.45, 2.75) is 12.2 Å². The Morgan fingerprint density at radius 1 is 1.04 bits per heavy atom. The number of hydrogen-bond donors (Lipinski definition) is 0. The maximum Gasteiger partial charge on any atom is 0.252 e. The van der Waals surface area contributed by atoms with Crippen molar-refractivity contribution in [3.05, 3.63) is 72.1 Å². The first-order chi connectivity index (χ1) is 13.3. The van der Waals surface area contributed by atoms with Gasteiger partial charge in [-0.15, -0.1) is 16.9 Å². The fourth-order valence-electron chi connectivity index (χ4n) is 2.84. The maximum absolute atomic E-state index is 12.4. The Hall–Kier alpha value is -3.00. The molecule has 8 heteroatoms. The number of carbonyl (C=O) groups is 1. The van der Waals surface area contributed by atoms with Crippen LogP contribution in [0.15, 0.2) is 65.8 Å². The van der Waals surface area contributed by atoms with Crippen molar-refractivity contribution in [2.24, 2.45) is 5.10 Å². The summed E-state index contributed by atoms with van der Waals surface area (Å²) < 4.78 is 1.69. The fraction of sp³-hybridized carbons (Fsp3) is 0.211. The number of para-hydroxylation sites is 1. The Kier molecular flexibility index (Phi) is 5.24. The maximum atomic E-state index is 12.4. The van der Waals surface area contributed by atoms with Gasteiger partial charge < -0.3 is 0 Å². The van der Waals surface area contributed by atoms with E-state index >= 15 is 0 Å². The lowest BCUT2D eigenvalue weighted by atomic mass is 10.1. The molecule has 0 bridgehead atoms. The van der Waals surface area contributed by atoms with Gasteiger partial charge in [0.1, 0.15) is 0 Å². The van der Waals surface area contributed by atoms with Gasteiger partial charge in [-0.25, -0.2) is 5.01 Å². The van der Waals surface area contributed by atoms with Crippen LogP contribution in [0.2, 0.25) is 0 Å². The number of amides is 1. The molecule has 2 aromatic carbocycles. The molecule has 7 nitrogen and oxygen atoms in total. The van der Waals surface area contributed by atoms with E-state index in [0.717, 1.165) is 23.4 Å². The second-order valence-corrected chi connectivity index (χ2v) is 7.00. The van der Waals surface area contributed by atoms with Crippen LogP contribution in [0.25, 0.3) is 5.69 Å². The highest BCUT2D eigenvalue weighted by Gasteiger charge is 2.21. The number of thioether (sulfide) groups is 1. The largest absolute Gasteiger partial charge is 0.272 e. The summed E-state index contributed by atoms with van der Waals surface area (Å²) in [5.74, 6) is 1.61. The number of hydrazone groups is 1. The molecule has 27 heavy (non-hydrogen) atoms. The molecule has 1 amide bonds. The summed E-state index contributed by atoms with van der Waals surface area (Å²) in [7, 11) is 0. The molecule has 3 aromatic rings. The number of rotatable bonds is 6. The zero-order valence-corrected chi connectivity index (χ0v) is 15.4. The molecule has 1 aliphatic heterocycles. The predicted molar refractivity (Wildman–Crippen MR) is 105 cm³/mol. The third kappa shape index (κ3) is 4.06. The SMILES string of the molecule is O=C(CSCc1nnnn1-c1ccccc1)N1CCC(c2ccccc2)=N1. The van der Waals surface area contributed by atoms with Gasteiger partial charge in [0, 0.05) is 6.42 Å². The number of aromatic nitrogens is 4. The van der Waals surface area contributed by atoms with E-state index in [2.05, 4.69) is 20.6 Å². The minimum Gasteiger partial charge on any atom is -0.272 e. The Labute approximate surface area is 161 Å². The highest BCUT2D eigenvalue weighted by molar-refractivity contribution is 7.99. The van der Waals surface area contributed by atoms with Crippen molar-refractivity contribution in [1.82, 2.24) is 25.2 Å². The van der Waals surface area contributed by atoms with E-state index in [1.165, 1.54) is 11.8 Å². The average molecular weight is 378 g/mol. The van der Waals surface area contributed by atoms with E-state index in [1.54, 1.807) is 9.69 Å². The lowest BCUT2D eigenvalue weighted by Crippen LogP contribution is -2.25. The van der Waals surface area contributed by atoms with E-state index in [-0.39, 0.29) is 5.91 Å². The minimum absolute atomic E-state index is 0.00432. The van der Waals surface area contributed by atoms with E-state index in [9.17, 15) is 4.79 Å². The summed E-state index contributed by atoms with van der Waals surface area (Å²) >= 11 is 1.49. The molecule has 0 atom stereocenters. The monoisotopic (exact) mass is 378 g/mol. The Bertz CT molecular complexity index is 941. The van der Waals surface area contributed by atoms with Crippen molar-refractivity contribution >= 4 is 23.4 Å². The predicted octanol–water partition coefficient (Wildman–Crippen LogP) is 2.53. The van der Waals surface area contributed by atoms with Gasteiger partial charge in [-0.1, -0.05) is 48.5 Å². The highest BCUT2D eigenvalue weighted by atomic mass is 32.2. The lowest BCUT2D eigenvalue weighted by Gasteiger charge is -2.10. The van der Waals surface area contributed by atoms with Gasteiger partial charge in [0.15, 0.2) is 5.82 Å². The normalized spacial score (nSPS) is 13.6. The van der Waals surface area contributed by atoms with Gasteiger partial charge in [-0.3, -0.25) is 4.79 Å². The van der Waals surface area contributed by atoms with Gasteiger partial charge in [-0.05, 0) is 28.1 Å². The molecule has 1 aliphatic rings. The molecule has 0 N–H and O–H groups in total. The number of tetrazole rings is 1. The molecular weight excluding hydrogens is 360 g/mol. The first-order valence-electron chi connectivity index (χ1n) is 8.65. The second kappa shape index (κ2) is 8.13. The summed E-state index contributed by atoms with van der Waals surface area (Å²) in [4.78, 5) is 12.4. The average Bonchev–Trinajstić information content (AvgIpc) is 3.39. The van der Waals surface area contributed by atoms with Crippen LogP contribution in [0.5, 0.6) is 0 Å². The van der Waals surface area contributed by atoms with Crippen molar-refractivity contribution in [2.75, 3.05) is 12.3 Å². The molecule has 0 unspecified atom stereocenters. The number of carbonyl (C=O) groups excluding carboxylic acids is 1. The summed E-state index contributed by atoms with van der Waals surface area (Å²) in [5.41, 5.74) is 2.94. The molecule has 0 radical (unpaired) electrons. The van der Waals surface area contributed by atoms with Crippen LogP contribution in [0, 0.1) is 0 Å². The molecule has 1 aromatic heterocycles. The molecule has 4 rings (SSSR count). The summed E-state index contributed by atoms with van der Waals surface area (Å²) in [6.07, 6.45) is 0.784. The van der Waals surface area contributed by atoms with Gasteiger partial charge in [-0.2, -0.15) is 9.78 Å². The summed E-state index contributed by atoms with van der Waals surface area (Å²) in [6, 6.07) is 19.7. The first-order valence-corrected chi connectivity index (χ1v) is 9.80.